The van der Waals surface area contributed by atoms with Crippen LogP contribution < -0.4 is 9.80 Å². The number of anilines is 2. The first-order chi connectivity index (χ1) is 16.4. The molecule has 1 amide bonds. The molecule has 0 fully saturated rings. The summed E-state index contributed by atoms with van der Waals surface area (Å²) in [5, 5.41) is 11.8. The van der Waals surface area contributed by atoms with E-state index >= 15 is 0 Å². The maximum atomic E-state index is 13.7. The van der Waals surface area contributed by atoms with Gasteiger partial charge in [0.2, 0.25) is 5.78 Å². The van der Waals surface area contributed by atoms with Gasteiger partial charge in [-0.25, -0.2) is 0 Å². The van der Waals surface area contributed by atoms with E-state index in [2.05, 4.69) is 0 Å². The maximum absolute atomic E-state index is 13.7. The molecule has 0 radical (unpaired) electrons. The molecule has 1 N–H and O–H groups in total. The zero-order valence-electron chi connectivity index (χ0n) is 19.1. The molecule has 6 heteroatoms. The van der Waals surface area contributed by atoms with Gasteiger partial charge in [-0.2, -0.15) is 0 Å². The number of aryl methyl sites for hydroxylation is 1. The summed E-state index contributed by atoms with van der Waals surface area (Å²) in [6.07, 6.45) is 0. The molecule has 6 nitrogen and oxygen atoms in total. The molecule has 1 atom stereocenters. The predicted molar refractivity (Wildman–Crippen MR) is 132 cm³/mol. The quantitative estimate of drug-likeness (QED) is 0.400. The number of rotatable bonds is 5. The Morgan fingerprint density at radius 3 is 2.32 bits per heavy atom. The van der Waals surface area contributed by atoms with E-state index in [0.29, 0.717) is 16.8 Å². The van der Waals surface area contributed by atoms with Crippen molar-refractivity contribution in [3.63, 3.8) is 0 Å². The molecule has 5 rings (SSSR count). The Kier molecular flexibility index (Phi) is 5.21. The molecule has 0 saturated carbocycles. The van der Waals surface area contributed by atoms with E-state index in [1.165, 1.54) is 4.90 Å². The summed E-state index contributed by atoms with van der Waals surface area (Å²) in [4.78, 5) is 30.5. The number of carbonyl (C=O) groups excluding carboxylic acids is 2. The summed E-state index contributed by atoms with van der Waals surface area (Å²) < 4.78 is 5.79. The fraction of sp³-hybridized carbons (Fsp3) is 0.143. The molecule has 1 aromatic heterocycles. The zero-order valence-corrected chi connectivity index (χ0v) is 19.1. The monoisotopic (exact) mass is 452 g/mol. The van der Waals surface area contributed by atoms with Crippen LogP contribution in [0, 0.1) is 6.92 Å². The Morgan fingerprint density at radius 1 is 0.971 bits per heavy atom. The highest BCUT2D eigenvalue weighted by molar-refractivity contribution is 6.20. The predicted octanol–water partition coefficient (Wildman–Crippen LogP) is 5.59. The minimum Gasteiger partial charge on any atom is -0.503 e. The van der Waals surface area contributed by atoms with E-state index in [0.717, 1.165) is 16.6 Å². The molecule has 170 valence electrons. The number of fused-ring (bicyclic) bond motifs is 1. The highest BCUT2D eigenvalue weighted by Crippen LogP contribution is 2.43. The van der Waals surface area contributed by atoms with E-state index in [9.17, 15) is 14.7 Å². The van der Waals surface area contributed by atoms with Crippen molar-refractivity contribution in [3.8, 4) is 0 Å². The Morgan fingerprint density at radius 2 is 1.65 bits per heavy atom. The lowest BCUT2D eigenvalue weighted by Crippen LogP contribution is -2.31. The summed E-state index contributed by atoms with van der Waals surface area (Å²) in [5.74, 6) is -1.61. The highest BCUT2D eigenvalue weighted by atomic mass is 16.3. The number of nitrogens with zero attached hydrogens (tertiary/aromatic N) is 2. The van der Waals surface area contributed by atoms with Crippen molar-refractivity contribution < 1.29 is 19.1 Å². The third-order valence-corrected chi connectivity index (χ3v) is 6.20. The molecule has 1 unspecified atom stereocenters. The molecular formula is C28H24N2O4. The fourth-order valence-corrected chi connectivity index (χ4v) is 4.42. The van der Waals surface area contributed by atoms with Gasteiger partial charge in [-0.05, 0) is 48.4 Å². The number of Topliss-reactive ketones (excluding diaryl/α,β-unsaturated/α-hetero) is 1. The van der Waals surface area contributed by atoms with Gasteiger partial charge in [0.05, 0.1) is 11.6 Å². The molecule has 2 heterocycles. The Balaban J connectivity index is 1.67. The van der Waals surface area contributed by atoms with Crippen LogP contribution in [-0.2, 0) is 4.79 Å². The first-order valence-electron chi connectivity index (χ1n) is 11.0. The van der Waals surface area contributed by atoms with Crippen molar-refractivity contribution in [1.29, 1.82) is 0 Å². The minimum absolute atomic E-state index is 0.00455. The van der Waals surface area contributed by atoms with E-state index in [1.54, 1.807) is 12.1 Å². The number of aliphatic hydroxyl groups excluding tert-OH is 1. The van der Waals surface area contributed by atoms with E-state index in [4.69, 9.17) is 4.42 Å². The van der Waals surface area contributed by atoms with Crippen LogP contribution in [0.25, 0.3) is 11.0 Å². The van der Waals surface area contributed by atoms with Crippen molar-refractivity contribution in [2.45, 2.75) is 13.0 Å². The number of hydrogen-bond donors (Lipinski definition) is 1. The van der Waals surface area contributed by atoms with Gasteiger partial charge in [0.1, 0.15) is 5.58 Å². The van der Waals surface area contributed by atoms with Crippen LogP contribution in [0.3, 0.4) is 0 Å². The number of hydrogen-bond acceptors (Lipinski definition) is 5. The first kappa shape index (κ1) is 21.5. The summed E-state index contributed by atoms with van der Waals surface area (Å²) >= 11 is 0. The van der Waals surface area contributed by atoms with Crippen LogP contribution in [0.5, 0.6) is 0 Å². The molecule has 1 aliphatic heterocycles. The molecule has 0 saturated heterocycles. The van der Waals surface area contributed by atoms with Gasteiger partial charge in [0.25, 0.3) is 5.91 Å². The standard InChI is InChI=1S/C28H24N2O4/c1-17-8-4-6-10-21(17)30-25(18-12-14-20(15-13-18)29(2)3)24(27(32)28(30)33)26(31)23-16-19-9-5-7-11-22(19)34-23/h4-16,25,32H,1-3H3. The van der Waals surface area contributed by atoms with Crippen molar-refractivity contribution >= 4 is 34.0 Å². The zero-order chi connectivity index (χ0) is 24.0. The second kappa shape index (κ2) is 8.23. The Bertz CT molecular complexity index is 1410. The third kappa shape index (κ3) is 3.44. The smallest absolute Gasteiger partial charge is 0.294 e. The van der Waals surface area contributed by atoms with Gasteiger partial charge in [-0.3, -0.25) is 14.5 Å². The summed E-state index contributed by atoms with van der Waals surface area (Å²) in [7, 11) is 3.88. The van der Waals surface area contributed by atoms with E-state index in [1.807, 2.05) is 92.6 Å². The number of aliphatic hydroxyl groups is 1. The molecule has 3 aromatic carbocycles. The second-order valence-electron chi connectivity index (χ2n) is 8.59. The lowest BCUT2D eigenvalue weighted by atomic mass is 9.94. The number of furan rings is 1. The molecule has 1 aliphatic rings. The van der Waals surface area contributed by atoms with Crippen molar-refractivity contribution in [2.75, 3.05) is 23.9 Å². The summed E-state index contributed by atoms with van der Waals surface area (Å²) in [5.41, 5.74) is 3.76. The highest BCUT2D eigenvalue weighted by Gasteiger charge is 2.45. The number of amides is 1. The van der Waals surface area contributed by atoms with Gasteiger partial charge in [0, 0.05) is 30.9 Å². The van der Waals surface area contributed by atoms with E-state index in [-0.39, 0.29) is 11.3 Å². The molecule has 0 aliphatic carbocycles. The SMILES string of the molecule is Cc1ccccc1N1C(=O)C(O)=C(C(=O)c2cc3ccccc3o2)C1c1ccc(N(C)C)cc1. The summed E-state index contributed by atoms with van der Waals surface area (Å²) in [6, 6.07) is 23.2. The number of carbonyl (C=O) groups is 2. The normalized spacial score (nSPS) is 15.9. The van der Waals surface area contributed by atoms with Crippen molar-refractivity contribution in [2.24, 2.45) is 0 Å². The molecule has 0 bridgehead atoms. The van der Waals surface area contributed by atoms with Crippen LogP contribution in [0.2, 0.25) is 0 Å². The van der Waals surface area contributed by atoms with Gasteiger partial charge < -0.3 is 14.4 Å². The molecule has 34 heavy (non-hydrogen) atoms. The van der Waals surface area contributed by atoms with Crippen LogP contribution in [0.4, 0.5) is 11.4 Å². The van der Waals surface area contributed by atoms with Crippen LogP contribution >= 0.6 is 0 Å². The number of ketones is 1. The van der Waals surface area contributed by atoms with Crippen molar-refractivity contribution in [3.05, 3.63) is 107 Å². The van der Waals surface area contributed by atoms with Gasteiger partial charge in [-0.1, -0.05) is 48.5 Å². The Hall–Kier alpha value is -4.32. The number of benzene rings is 3. The minimum atomic E-state index is -0.800. The Labute approximate surface area is 197 Å². The topological polar surface area (TPSA) is 74.0 Å². The average Bonchev–Trinajstić information content (AvgIpc) is 3.38. The first-order valence-corrected chi connectivity index (χ1v) is 11.0. The second-order valence-corrected chi connectivity index (χ2v) is 8.59. The van der Waals surface area contributed by atoms with Crippen LogP contribution in [0.1, 0.15) is 27.7 Å². The fourth-order valence-electron chi connectivity index (χ4n) is 4.42. The summed E-state index contributed by atoms with van der Waals surface area (Å²) in [6.45, 7) is 1.89. The lowest BCUT2D eigenvalue weighted by Gasteiger charge is -2.28. The molecule has 0 spiro atoms. The average molecular weight is 453 g/mol. The van der Waals surface area contributed by atoms with Crippen molar-refractivity contribution in [1.82, 2.24) is 0 Å². The maximum Gasteiger partial charge on any atom is 0.294 e. The van der Waals surface area contributed by atoms with Crippen LogP contribution in [-0.4, -0.2) is 30.9 Å². The molecule has 4 aromatic rings. The van der Waals surface area contributed by atoms with Gasteiger partial charge >= 0.3 is 0 Å². The number of para-hydroxylation sites is 2. The third-order valence-electron chi connectivity index (χ3n) is 6.20. The van der Waals surface area contributed by atoms with E-state index < -0.39 is 23.5 Å². The van der Waals surface area contributed by atoms with Gasteiger partial charge in [-0.15, -0.1) is 0 Å². The largest absolute Gasteiger partial charge is 0.503 e. The lowest BCUT2D eigenvalue weighted by molar-refractivity contribution is -0.117. The van der Waals surface area contributed by atoms with Crippen LogP contribution in [0.15, 0.2) is 94.6 Å². The molecular weight excluding hydrogens is 428 g/mol. The van der Waals surface area contributed by atoms with Gasteiger partial charge in [0.15, 0.2) is 11.5 Å².